The van der Waals surface area contributed by atoms with Crippen molar-refractivity contribution in [3.63, 3.8) is 0 Å². The van der Waals surface area contributed by atoms with Gasteiger partial charge < -0.3 is 4.90 Å². The number of aromatic nitrogens is 3. The first-order valence-corrected chi connectivity index (χ1v) is 6.15. The molecule has 96 valence electrons. The molecule has 1 aromatic rings. The zero-order valence-corrected chi connectivity index (χ0v) is 11.3. The number of hydrogen-bond acceptors (Lipinski definition) is 3. The van der Waals surface area contributed by atoms with Crippen LogP contribution in [0.5, 0.6) is 0 Å². The Morgan fingerprint density at radius 2 is 2.06 bits per heavy atom. The molecule has 0 saturated carbocycles. The fraction of sp³-hybridized carbons (Fsp3) is 0.750. The smallest absolute Gasteiger partial charge is 0.293 e. The first-order valence-electron chi connectivity index (χ1n) is 6.15. The van der Waals surface area contributed by atoms with Crippen LogP contribution in [0.25, 0.3) is 0 Å². The number of aromatic amines is 1. The third-order valence-electron chi connectivity index (χ3n) is 3.11. The minimum Gasteiger partial charge on any atom is -0.336 e. The summed E-state index contributed by atoms with van der Waals surface area (Å²) in [5, 5.41) is 6.77. The van der Waals surface area contributed by atoms with Crippen molar-refractivity contribution in [3.05, 3.63) is 11.6 Å². The highest BCUT2D eigenvalue weighted by atomic mass is 16.2. The zero-order chi connectivity index (χ0) is 13.0. The number of nitrogens with zero attached hydrogens (tertiary/aromatic N) is 3. The van der Waals surface area contributed by atoms with E-state index >= 15 is 0 Å². The molecule has 1 amide bonds. The van der Waals surface area contributed by atoms with Gasteiger partial charge in [-0.2, -0.15) is 0 Å². The lowest BCUT2D eigenvalue weighted by atomic mass is 10.1. The molecule has 0 aromatic carbocycles. The second-order valence-electron chi connectivity index (χ2n) is 4.76. The molecule has 5 heteroatoms. The van der Waals surface area contributed by atoms with Gasteiger partial charge in [0, 0.05) is 19.5 Å². The van der Waals surface area contributed by atoms with Crippen LogP contribution in [-0.2, 0) is 6.42 Å². The maximum atomic E-state index is 12.1. The summed E-state index contributed by atoms with van der Waals surface area (Å²) in [7, 11) is 1.79. The lowest BCUT2D eigenvalue weighted by Crippen LogP contribution is -2.38. The Morgan fingerprint density at radius 3 is 2.59 bits per heavy atom. The van der Waals surface area contributed by atoms with Crippen molar-refractivity contribution < 1.29 is 4.79 Å². The Bertz CT molecular complexity index is 372. The van der Waals surface area contributed by atoms with Gasteiger partial charge in [0.1, 0.15) is 5.82 Å². The third-order valence-corrected chi connectivity index (χ3v) is 3.11. The van der Waals surface area contributed by atoms with Crippen molar-refractivity contribution in [3.8, 4) is 0 Å². The van der Waals surface area contributed by atoms with Crippen LogP contribution in [0.1, 0.15) is 50.6 Å². The Balaban J connectivity index is 2.74. The van der Waals surface area contributed by atoms with Gasteiger partial charge >= 0.3 is 0 Å². The highest BCUT2D eigenvalue weighted by Gasteiger charge is 2.22. The van der Waals surface area contributed by atoms with E-state index in [1.165, 1.54) is 0 Å². The molecule has 0 aliphatic heterocycles. The number of carbonyl (C=O) groups is 1. The molecule has 1 unspecified atom stereocenters. The van der Waals surface area contributed by atoms with Crippen LogP contribution in [0.4, 0.5) is 0 Å². The second kappa shape index (κ2) is 5.80. The molecule has 17 heavy (non-hydrogen) atoms. The minimum absolute atomic E-state index is 0.121. The van der Waals surface area contributed by atoms with Gasteiger partial charge in [0.25, 0.3) is 5.91 Å². The van der Waals surface area contributed by atoms with E-state index in [1.54, 1.807) is 11.9 Å². The van der Waals surface area contributed by atoms with Crippen LogP contribution in [0, 0.1) is 5.92 Å². The number of amides is 1. The lowest BCUT2D eigenvalue weighted by Gasteiger charge is -2.26. The normalized spacial score (nSPS) is 12.8. The van der Waals surface area contributed by atoms with Gasteiger partial charge in [-0.3, -0.25) is 9.89 Å². The summed E-state index contributed by atoms with van der Waals surface area (Å²) in [6.45, 7) is 8.28. The number of carbonyl (C=O) groups excluding carboxylic acids is 1. The molecular weight excluding hydrogens is 216 g/mol. The molecule has 0 aliphatic carbocycles. The summed E-state index contributed by atoms with van der Waals surface area (Å²) in [6.07, 6.45) is 1.81. The number of hydrogen-bond donors (Lipinski definition) is 1. The number of nitrogens with one attached hydrogen (secondary N) is 1. The molecular formula is C12H22N4O. The first-order chi connectivity index (χ1) is 7.97. The lowest BCUT2D eigenvalue weighted by molar-refractivity contribution is 0.0695. The summed E-state index contributed by atoms with van der Waals surface area (Å²) in [5.74, 6) is 1.34. The van der Waals surface area contributed by atoms with Crippen LogP contribution in [0.15, 0.2) is 0 Å². The van der Waals surface area contributed by atoms with Crippen molar-refractivity contribution in [2.45, 2.75) is 46.6 Å². The Labute approximate surface area is 103 Å². The van der Waals surface area contributed by atoms with E-state index in [0.29, 0.717) is 5.92 Å². The van der Waals surface area contributed by atoms with Gasteiger partial charge in [-0.15, -0.1) is 5.10 Å². The van der Waals surface area contributed by atoms with Crippen LogP contribution in [0.2, 0.25) is 0 Å². The number of rotatable bonds is 5. The van der Waals surface area contributed by atoms with E-state index < -0.39 is 0 Å². The summed E-state index contributed by atoms with van der Waals surface area (Å²) >= 11 is 0. The monoisotopic (exact) mass is 238 g/mol. The van der Waals surface area contributed by atoms with Crippen LogP contribution in [0.3, 0.4) is 0 Å². The highest BCUT2D eigenvalue weighted by Crippen LogP contribution is 2.10. The molecule has 0 spiro atoms. The quantitative estimate of drug-likeness (QED) is 0.852. The second-order valence-corrected chi connectivity index (χ2v) is 4.76. The van der Waals surface area contributed by atoms with Gasteiger partial charge in [0.2, 0.25) is 5.82 Å². The van der Waals surface area contributed by atoms with Crippen molar-refractivity contribution in [1.29, 1.82) is 0 Å². The van der Waals surface area contributed by atoms with E-state index in [4.69, 9.17) is 0 Å². The summed E-state index contributed by atoms with van der Waals surface area (Å²) < 4.78 is 0. The molecule has 1 heterocycles. The zero-order valence-electron chi connectivity index (χ0n) is 11.3. The number of aryl methyl sites for hydroxylation is 1. The minimum atomic E-state index is -0.121. The average Bonchev–Trinajstić information content (AvgIpc) is 2.75. The molecule has 0 fully saturated rings. The van der Waals surface area contributed by atoms with Crippen LogP contribution >= 0.6 is 0 Å². The van der Waals surface area contributed by atoms with Gasteiger partial charge in [0.15, 0.2) is 0 Å². The summed E-state index contributed by atoms with van der Waals surface area (Å²) in [6, 6.07) is 0.177. The topological polar surface area (TPSA) is 61.9 Å². The van der Waals surface area contributed by atoms with E-state index in [1.807, 2.05) is 6.92 Å². The fourth-order valence-corrected chi connectivity index (χ4v) is 1.53. The predicted octanol–water partition coefficient (Wildman–Crippen LogP) is 1.87. The first kappa shape index (κ1) is 13.7. The van der Waals surface area contributed by atoms with E-state index in [-0.39, 0.29) is 17.8 Å². The van der Waals surface area contributed by atoms with Crippen molar-refractivity contribution in [2.24, 2.45) is 5.92 Å². The van der Waals surface area contributed by atoms with E-state index in [2.05, 4.69) is 36.0 Å². The van der Waals surface area contributed by atoms with Crippen molar-refractivity contribution >= 4 is 5.91 Å². The highest BCUT2D eigenvalue weighted by molar-refractivity contribution is 5.90. The van der Waals surface area contributed by atoms with Crippen molar-refractivity contribution in [2.75, 3.05) is 7.05 Å². The van der Waals surface area contributed by atoms with Gasteiger partial charge in [-0.1, -0.05) is 20.8 Å². The standard InChI is InChI=1S/C12H22N4O/c1-6-7-10-13-11(15-14-10)12(17)16(5)9(4)8(2)3/h8-9H,6-7H2,1-5H3,(H,13,14,15). The third kappa shape index (κ3) is 3.28. The summed E-state index contributed by atoms with van der Waals surface area (Å²) in [5.41, 5.74) is 0. The molecule has 0 bridgehead atoms. The Kier molecular flexibility index (Phi) is 4.66. The summed E-state index contributed by atoms with van der Waals surface area (Å²) in [4.78, 5) is 18.0. The maximum absolute atomic E-state index is 12.1. The van der Waals surface area contributed by atoms with Gasteiger partial charge in [-0.25, -0.2) is 4.98 Å². The molecule has 0 aliphatic rings. The van der Waals surface area contributed by atoms with Gasteiger partial charge in [-0.05, 0) is 19.3 Å². The molecule has 0 saturated heterocycles. The molecule has 1 atom stereocenters. The largest absolute Gasteiger partial charge is 0.336 e. The van der Waals surface area contributed by atoms with Gasteiger partial charge in [0.05, 0.1) is 0 Å². The predicted molar refractivity (Wildman–Crippen MR) is 66.8 cm³/mol. The average molecular weight is 238 g/mol. The van der Waals surface area contributed by atoms with E-state index in [0.717, 1.165) is 18.7 Å². The Morgan fingerprint density at radius 1 is 1.41 bits per heavy atom. The molecule has 0 radical (unpaired) electrons. The molecule has 5 nitrogen and oxygen atoms in total. The molecule has 1 N–H and O–H groups in total. The van der Waals surface area contributed by atoms with Crippen LogP contribution < -0.4 is 0 Å². The number of H-pyrrole nitrogens is 1. The van der Waals surface area contributed by atoms with E-state index in [9.17, 15) is 4.79 Å². The maximum Gasteiger partial charge on any atom is 0.293 e. The van der Waals surface area contributed by atoms with Crippen molar-refractivity contribution in [1.82, 2.24) is 20.1 Å². The molecule has 1 rings (SSSR count). The SMILES string of the molecule is CCCc1nc(C(=O)N(C)C(C)C(C)C)n[nH]1. The Hall–Kier alpha value is -1.39. The molecule has 1 aromatic heterocycles. The fourth-order valence-electron chi connectivity index (χ4n) is 1.53. The van der Waals surface area contributed by atoms with Crippen LogP contribution in [-0.4, -0.2) is 39.1 Å².